The number of hydrogen-bond donors (Lipinski definition) is 2. The highest BCUT2D eigenvalue weighted by Gasteiger charge is 2.02. The summed E-state index contributed by atoms with van der Waals surface area (Å²) in [6.45, 7) is 4.35. The van der Waals surface area contributed by atoms with E-state index < -0.39 is 0 Å². The number of amides is 2. The van der Waals surface area contributed by atoms with Gasteiger partial charge in [0.2, 0.25) is 0 Å². The summed E-state index contributed by atoms with van der Waals surface area (Å²) < 4.78 is 7.70. The van der Waals surface area contributed by atoms with E-state index in [4.69, 9.17) is 4.74 Å². The van der Waals surface area contributed by atoms with Crippen LogP contribution < -0.4 is 15.4 Å². The highest BCUT2D eigenvalue weighted by atomic mass is 16.5. The zero-order valence-electron chi connectivity index (χ0n) is 14.9. The van der Waals surface area contributed by atoms with E-state index in [-0.39, 0.29) is 6.03 Å². The van der Waals surface area contributed by atoms with Crippen molar-refractivity contribution in [2.45, 2.75) is 19.9 Å². The molecule has 0 saturated carbocycles. The topological polar surface area (TPSA) is 68.2 Å². The Hall–Kier alpha value is -3.02. The number of ether oxygens (including phenoxy) is 1. The molecule has 136 valence electrons. The third-order valence-corrected chi connectivity index (χ3v) is 4.03. The summed E-state index contributed by atoms with van der Waals surface area (Å²) in [6, 6.07) is 15.7. The molecule has 2 aromatic carbocycles. The lowest BCUT2D eigenvalue weighted by Gasteiger charge is -2.10. The van der Waals surface area contributed by atoms with Crippen molar-refractivity contribution in [3.8, 4) is 5.75 Å². The van der Waals surface area contributed by atoms with Gasteiger partial charge in [-0.05, 0) is 43.2 Å². The number of para-hydroxylation sites is 2. The second-order valence-corrected chi connectivity index (χ2v) is 6.13. The van der Waals surface area contributed by atoms with Crippen molar-refractivity contribution in [2.75, 3.05) is 19.7 Å². The number of hydrogen-bond acceptors (Lipinski definition) is 3. The van der Waals surface area contributed by atoms with Gasteiger partial charge < -0.3 is 19.9 Å². The van der Waals surface area contributed by atoms with Gasteiger partial charge in [0, 0.05) is 13.1 Å². The molecule has 2 amide bonds. The van der Waals surface area contributed by atoms with Crippen LogP contribution in [-0.4, -0.2) is 35.3 Å². The molecule has 0 aliphatic rings. The zero-order chi connectivity index (χ0) is 18.2. The number of nitrogens with zero attached hydrogens (tertiary/aromatic N) is 2. The number of aryl methyl sites for hydroxylation is 2. The molecule has 0 atom stereocenters. The smallest absolute Gasteiger partial charge is 0.314 e. The predicted octanol–water partition coefficient (Wildman–Crippen LogP) is 3.11. The molecule has 26 heavy (non-hydrogen) atoms. The van der Waals surface area contributed by atoms with Crippen LogP contribution in [0.1, 0.15) is 12.0 Å². The van der Waals surface area contributed by atoms with Crippen molar-refractivity contribution in [3.63, 3.8) is 0 Å². The molecule has 2 N–H and O–H groups in total. The number of rotatable bonds is 8. The van der Waals surface area contributed by atoms with Gasteiger partial charge >= 0.3 is 6.03 Å². The predicted molar refractivity (Wildman–Crippen MR) is 102 cm³/mol. The van der Waals surface area contributed by atoms with Gasteiger partial charge in [0.15, 0.2) is 0 Å². The van der Waals surface area contributed by atoms with E-state index in [2.05, 4.69) is 26.3 Å². The van der Waals surface area contributed by atoms with E-state index in [1.807, 2.05) is 55.7 Å². The molecule has 3 aromatic rings. The second kappa shape index (κ2) is 8.89. The fourth-order valence-corrected chi connectivity index (χ4v) is 2.74. The van der Waals surface area contributed by atoms with Crippen LogP contribution in [0, 0.1) is 6.92 Å². The van der Waals surface area contributed by atoms with E-state index in [9.17, 15) is 4.79 Å². The highest BCUT2D eigenvalue weighted by molar-refractivity contribution is 5.75. The van der Waals surface area contributed by atoms with Crippen molar-refractivity contribution in [2.24, 2.45) is 0 Å². The maximum Gasteiger partial charge on any atom is 0.314 e. The summed E-state index contributed by atoms with van der Waals surface area (Å²) >= 11 is 0. The zero-order valence-corrected chi connectivity index (χ0v) is 14.9. The van der Waals surface area contributed by atoms with Crippen molar-refractivity contribution >= 4 is 17.1 Å². The average Bonchev–Trinajstić information content (AvgIpc) is 3.06. The number of carbonyl (C=O) groups excluding carboxylic acids is 1. The summed E-state index contributed by atoms with van der Waals surface area (Å²) in [5.74, 6) is 0.819. The Morgan fingerprint density at radius 2 is 1.96 bits per heavy atom. The molecule has 0 saturated heterocycles. The van der Waals surface area contributed by atoms with Crippen LogP contribution in [0.2, 0.25) is 0 Å². The normalized spacial score (nSPS) is 10.7. The lowest BCUT2D eigenvalue weighted by molar-refractivity contribution is 0.236. The minimum atomic E-state index is -0.173. The number of aromatic nitrogens is 2. The standard InChI is InChI=1S/C20H24N4O2/c1-16-6-4-7-17(14-16)26-13-11-22-20(25)21-10-5-12-24-15-23-18-8-2-3-9-19(18)24/h2-4,6-9,14-15H,5,10-13H2,1H3,(H2,21,22,25). The number of benzene rings is 2. The Bertz CT molecular complexity index is 860. The molecule has 0 bridgehead atoms. The molecule has 1 aromatic heterocycles. The molecular formula is C20H24N4O2. The SMILES string of the molecule is Cc1cccc(OCCNC(=O)NCCCn2cnc3ccccc32)c1. The molecule has 0 radical (unpaired) electrons. The quantitative estimate of drug-likeness (QED) is 0.612. The van der Waals surface area contributed by atoms with Crippen LogP contribution in [-0.2, 0) is 6.54 Å². The first kappa shape index (κ1) is 17.8. The fourth-order valence-electron chi connectivity index (χ4n) is 2.74. The van der Waals surface area contributed by atoms with Crippen LogP contribution in [0.4, 0.5) is 4.79 Å². The van der Waals surface area contributed by atoms with Crippen LogP contribution in [0.25, 0.3) is 11.0 Å². The summed E-state index contributed by atoms with van der Waals surface area (Å²) in [6.07, 6.45) is 2.68. The van der Waals surface area contributed by atoms with Crippen molar-refractivity contribution < 1.29 is 9.53 Å². The summed E-state index contributed by atoms with van der Waals surface area (Å²) in [5.41, 5.74) is 3.26. The summed E-state index contributed by atoms with van der Waals surface area (Å²) in [5, 5.41) is 5.66. The first-order chi connectivity index (χ1) is 12.7. The lowest BCUT2D eigenvalue weighted by Crippen LogP contribution is -2.38. The second-order valence-electron chi connectivity index (χ2n) is 6.13. The molecule has 6 heteroatoms. The van der Waals surface area contributed by atoms with E-state index in [0.29, 0.717) is 19.7 Å². The maximum atomic E-state index is 11.8. The average molecular weight is 352 g/mol. The fraction of sp³-hybridized carbons (Fsp3) is 0.300. The lowest BCUT2D eigenvalue weighted by atomic mass is 10.2. The molecule has 0 unspecified atom stereocenters. The molecule has 6 nitrogen and oxygen atoms in total. The monoisotopic (exact) mass is 352 g/mol. The van der Waals surface area contributed by atoms with Crippen LogP contribution >= 0.6 is 0 Å². The molecule has 3 rings (SSSR count). The largest absolute Gasteiger partial charge is 0.492 e. The van der Waals surface area contributed by atoms with Crippen LogP contribution in [0.15, 0.2) is 54.9 Å². The Kier molecular flexibility index (Phi) is 6.09. The molecule has 0 aliphatic carbocycles. The molecule has 0 fully saturated rings. The van der Waals surface area contributed by atoms with Crippen LogP contribution in [0.5, 0.6) is 5.75 Å². The van der Waals surface area contributed by atoms with Crippen molar-refractivity contribution in [3.05, 3.63) is 60.4 Å². The third-order valence-electron chi connectivity index (χ3n) is 4.03. The van der Waals surface area contributed by atoms with Gasteiger partial charge in [0.25, 0.3) is 0 Å². The number of imidazole rings is 1. The highest BCUT2D eigenvalue weighted by Crippen LogP contribution is 2.12. The van der Waals surface area contributed by atoms with Gasteiger partial charge in [0.05, 0.1) is 23.9 Å². The Morgan fingerprint density at radius 1 is 1.12 bits per heavy atom. The molecule has 0 spiro atoms. The molecular weight excluding hydrogens is 328 g/mol. The van der Waals surface area contributed by atoms with Gasteiger partial charge in [0.1, 0.15) is 12.4 Å². The Labute approximate surface area is 153 Å². The van der Waals surface area contributed by atoms with Crippen molar-refractivity contribution in [1.82, 2.24) is 20.2 Å². The maximum absolute atomic E-state index is 11.8. The van der Waals surface area contributed by atoms with Crippen LogP contribution in [0.3, 0.4) is 0 Å². The van der Waals surface area contributed by atoms with Gasteiger partial charge in [-0.2, -0.15) is 0 Å². The number of carbonyl (C=O) groups is 1. The number of nitrogens with one attached hydrogen (secondary N) is 2. The van der Waals surface area contributed by atoms with Crippen molar-refractivity contribution in [1.29, 1.82) is 0 Å². The van der Waals surface area contributed by atoms with E-state index in [1.54, 1.807) is 0 Å². The molecule has 1 heterocycles. The van der Waals surface area contributed by atoms with E-state index in [1.165, 1.54) is 0 Å². The van der Waals surface area contributed by atoms with E-state index in [0.717, 1.165) is 35.3 Å². The third kappa shape index (κ3) is 4.99. The summed E-state index contributed by atoms with van der Waals surface area (Å²) in [7, 11) is 0. The van der Waals surface area contributed by atoms with Gasteiger partial charge in [-0.15, -0.1) is 0 Å². The number of fused-ring (bicyclic) bond motifs is 1. The van der Waals surface area contributed by atoms with Gasteiger partial charge in [-0.1, -0.05) is 24.3 Å². The Balaban J connectivity index is 1.29. The Morgan fingerprint density at radius 3 is 2.85 bits per heavy atom. The van der Waals surface area contributed by atoms with Gasteiger partial charge in [-0.3, -0.25) is 0 Å². The minimum absolute atomic E-state index is 0.173. The number of urea groups is 1. The first-order valence-corrected chi connectivity index (χ1v) is 8.83. The summed E-state index contributed by atoms with van der Waals surface area (Å²) in [4.78, 5) is 16.1. The first-order valence-electron chi connectivity index (χ1n) is 8.83. The van der Waals surface area contributed by atoms with E-state index >= 15 is 0 Å². The molecule has 0 aliphatic heterocycles. The van der Waals surface area contributed by atoms with Gasteiger partial charge in [-0.25, -0.2) is 9.78 Å². The minimum Gasteiger partial charge on any atom is -0.492 e.